The normalized spacial score (nSPS) is 16.7. The van der Waals surface area contributed by atoms with Crippen LogP contribution in [0, 0.1) is 27.7 Å². The molecule has 8 N–H and O–H groups in total. The summed E-state index contributed by atoms with van der Waals surface area (Å²) in [6, 6.07) is 34.3. The predicted molar refractivity (Wildman–Crippen MR) is 278 cm³/mol. The van der Waals surface area contributed by atoms with E-state index in [1.807, 2.05) is 100 Å². The molecule has 1 aliphatic carbocycles. The Hall–Kier alpha value is -5.92. The summed E-state index contributed by atoms with van der Waals surface area (Å²) in [7, 11) is 0. The molecule has 0 unspecified atom stereocenters. The van der Waals surface area contributed by atoms with Crippen molar-refractivity contribution in [1.82, 2.24) is 0 Å². The van der Waals surface area contributed by atoms with Gasteiger partial charge in [-0.1, -0.05) is 112 Å². The van der Waals surface area contributed by atoms with Crippen LogP contribution in [-0.4, -0.2) is 40.9 Å². The number of aromatic hydroxyl groups is 8. The Bertz CT molecular complexity index is 2820. The quantitative estimate of drug-likeness (QED) is 0.0864. The van der Waals surface area contributed by atoms with Crippen molar-refractivity contribution < 1.29 is 40.9 Å². The van der Waals surface area contributed by atoms with Gasteiger partial charge in [-0.2, -0.15) is 0 Å². The Morgan fingerprint density at radius 3 is 0.559 bits per heavy atom. The molecule has 9 rings (SSSR count). The Labute approximate surface area is 427 Å². The van der Waals surface area contributed by atoms with Crippen LogP contribution in [0.4, 0.5) is 0 Å². The maximum absolute atomic E-state index is 12.1. The fourth-order valence-corrected chi connectivity index (χ4v) is 11.1. The van der Waals surface area contributed by atoms with Crippen LogP contribution in [0.3, 0.4) is 0 Å². The molecule has 0 aliphatic heterocycles. The fourth-order valence-electron chi connectivity index (χ4n) is 9.56. The van der Waals surface area contributed by atoms with Crippen LogP contribution in [0.25, 0.3) is 0 Å². The van der Waals surface area contributed by atoms with Crippen molar-refractivity contribution in [3.8, 4) is 46.0 Å². The zero-order chi connectivity index (χ0) is 48.6. The SMILES string of the molecule is Cc1ccc(C2c3cc(c(O)cc3O)C(c3ccc(C)c(Br)c3)c3cc(c(O)cc3O)C(c3ccc(C)c(Br)c3)c3cc(c(O)cc3O)C(c3ccc(C)c(Br)c3)c3cc2c(O)cc3O)cc1Br. The van der Waals surface area contributed by atoms with E-state index in [9.17, 15) is 40.9 Å². The lowest BCUT2D eigenvalue weighted by Gasteiger charge is -2.30. The first-order chi connectivity index (χ1) is 32.3. The van der Waals surface area contributed by atoms with E-state index in [1.54, 1.807) is 24.3 Å². The second-order valence-electron chi connectivity index (χ2n) is 17.6. The molecule has 0 saturated heterocycles. The van der Waals surface area contributed by atoms with Crippen LogP contribution >= 0.6 is 63.7 Å². The molecule has 8 nitrogen and oxygen atoms in total. The van der Waals surface area contributed by atoms with Crippen LogP contribution in [0.5, 0.6) is 46.0 Å². The van der Waals surface area contributed by atoms with Gasteiger partial charge in [0.25, 0.3) is 0 Å². The summed E-state index contributed by atoms with van der Waals surface area (Å²) in [6.45, 7) is 7.75. The first-order valence-corrected chi connectivity index (χ1v) is 24.8. The Kier molecular flexibility index (Phi) is 12.6. The lowest BCUT2D eigenvalue weighted by atomic mass is 9.75. The van der Waals surface area contributed by atoms with Gasteiger partial charge in [0.2, 0.25) is 0 Å². The summed E-state index contributed by atoms with van der Waals surface area (Å²) in [5.74, 6) is -6.25. The first-order valence-electron chi connectivity index (χ1n) is 21.6. The molecule has 0 heterocycles. The van der Waals surface area contributed by atoms with Gasteiger partial charge in [0.1, 0.15) is 46.0 Å². The van der Waals surface area contributed by atoms with E-state index in [4.69, 9.17) is 0 Å². The topological polar surface area (TPSA) is 162 Å². The summed E-state index contributed by atoms with van der Waals surface area (Å²) in [4.78, 5) is 0. The summed E-state index contributed by atoms with van der Waals surface area (Å²) in [5, 5.41) is 97.0. The molecule has 0 aromatic heterocycles. The number of phenolic OH excluding ortho intramolecular Hbond substituents is 8. The highest BCUT2D eigenvalue weighted by Gasteiger charge is 2.35. The predicted octanol–water partition coefficient (Wildman–Crippen LogP) is 14.6. The van der Waals surface area contributed by atoms with E-state index in [1.165, 1.54) is 24.3 Å². The third kappa shape index (κ3) is 8.39. The van der Waals surface area contributed by atoms with E-state index in [0.717, 1.165) is 40.1 Å². The molecule has 0 radical (unpaired) electrons. The Morgan fingerprint density at radius 1 is 0.250 bits per heavy atom. The largest absolute Gasteiger partial charge is 0.507 e. The van der Waals surface area contributed by atoms with E-state index < -0.39 is 23.7 Å². The molecule has 1 aliphatic rings. The molecule has 8 aromatic carbocycles. The monoisotopic (exact) mass is 1160 g/mol. The maximum atomic E-state index is 12.1. The van der Waals surface area contributed by atoms with Gasteiger partial charge in [0, 0.05) is 110 Å². The van der Waals surface area contributed by atoms with E-state index in [2.05, 4.69) is 63.7 Å². The second-order valence-corrected chi connectivity index (χ2v) is 21.1. The number of halogens is 4. The molecule has 0 spiro atoms. The highest BCUT2D eigenvalue weighted by atomic mass is 79.9. The molecule has 344 valence electrons. The fraction of sp³-hybridized carbons (Fsp3) is 0.143. The standard InChI is InChI=1S/C56H44Br4O8/c1-25-5-9-29(13-41(25)57)53-33-17-35(47(63)21-45(33)61)54(30-10-6-26(2)42(58)14-30)37-19-39(51(67)23-49(37)65)56(32-12-8-28(4)44(60)16-32)40-20-38(50(66)24-52(40)68)55(31-11-7-27(3)43(59)15-31)36-18-34(53)46(62)22-48(36)64/h5-24,53-56,61-68H,1-4H3. The van der Waals surface area contributed by atoms with Gasteiger partial charge in [0.15, 0.2) is 0 Å². The summed E-state index contributed by atoms with van der Waals surface area (Å²) in [6.07, 6.45) is 0. The summed E-state index contributed by atoms with van der Waals surface area (Å²) in [5.41, 5.74) is 8.40. The maximum Gasteiger partial charge on any atom is 0.123 e. The number of fused-ring (bicyclic) bond motifs is 8. The number of benzene rings is 8. The molecule has 0 saturated carbocycles. The zero-order valence-electron chi connectivity index (χ0n) is 36.9. The Morgan fingerprint density at radius 2 is 0.412 bits per heavy atom. The third-order valence-electron chi connectivity index (χ3n) is 13.3. The van der Waals surface area contributed by atoms with Gasteiger partial charge in [-0.25, -0.2) is 0 Å². The lowest BCUT2D eigenvalue weighted by Crippen LogP contribution is -2.13. The van der Waals surface area contributed by atoms with E-state index in [0.29, 0.717) is 22.3 Å². The smallest absolute Gasteiger partial charge is 0.123 e. The van der Waals surface area contributed by atoms with Crippen LogP contribution in [0.15, 0.2) is 139 Å². The number of hydrogen-bond donors (Lipinski definition) is 8. The van der Waals surface area contributed by atoms with Crippen LogP contribution in [0.2, 0.25) is 0 Å². The molecular weight excluding hydrogens is 1120 g/mol. The van der Waals surface area contributed by atoms with Crippen molar-refractivity contribution >= 4 is 63.7 Å². The van der Waals surface area contributed by atoms with Gasteiger partial charge in [-0.3, -0.25) is 0 Å². The minimum Gasteiger partial charge on any atom is -0.507 e. The molecule has 68 heavy (non-hydrogen) atoms. The van der Waals surface area contributed by atoms with Crippen molar-refractivity contribution in [2.45, 2.75) is 51.4 Å². The van der Waals surface area contributed by atoms with Gasteiger partial charge in [0.05, 0.1) is 0 Å². The van der Waals surface area contributed by atoms with Crippen LogP contribution in [-0.2, 0) is 0 Å². The van der Waals surface area contributed by atoms with Crippen molar-refractivity contribution in [2.75, 3.05) is 0 Å². The number of phenols is 8. The number of rotatable bonds is 4. The molecule has 8 bridgehead atoms. The number of hydrogen-bond acceptors (Lipinski definition) is 8. The third-order valence-corrected chi connectivity index (χ3v) is 16.7. The lowest BCUT2D eigenvalue weighted by molar-refractivity contribution is 0.431. The molecule has 0 amide bonds. The average molecular weight is 1160 g/mol. The summed E-state index contributed by atoms with van der Waals surface area (Å²) < 4.78 is 3.01. The minimum atomic E-state index is -0.966. The molecule has 0 atom stereocenters. The molecule has 12 heteroatoms. The first kappa shape index (κ1) is 47.2. The van der Waals surface area contributed by atoms with Crippen molar-refractivity contribution in [1.29, 1.82) is 0 Å². The van der Waals surface area contributed by atoms with Crippen molar-refractivity contribution in [2.24, 2.45) is 0 Å². The van der Waals surface area contributed by atoms with Gasteiger partial charge >= 0.3 is 0 Å². The van der Waals surface area contributed by atoms with E-state index in [-0.39, 0.29) is 90.5 Å². The van der Waals surface area contributed by atoms with Gasteiger partial charge in [-0.15, -0.1) is 0 Å². The second kappa shape index (κ2) is 18.2. The molecule has 0 fully saturated rings. The highest BCUT2D eigenvalue weighted by Crippen LogP contribution is 2.54. The van der Waals surface area contributed by atoms with Gasteiger partial charge < -0.3 is 40.9 Å². The van der Waals surface area contributed by atoms with Crippen molar-refractivity contribution in [3.63, 3.8) is 0 Å². The highest BCUT2D eigenvalue weighted by molar-refractivity contribution is 9.11. The molecule has 8 aromatic rings. The summed E-state index contributed by atoms with van der Waals surface area (Å²) >= 11 is 14.8. The van der Waals surface area contributed by atoms with Crippen LogP contribution in [0.1, 0.15) is 113 Å². The molecular formula is C56H44Br4O8. The Balaban J connectivity index is 1.50. The van der Waals surface area contributed by atoms with Crippen molar-refractivity contribution in [3.05, 3.63) is 228 Å². The zero-order valence-corrected chi connectivity index (χ0v) is 43.3. The number of aryl methyl sites for hydroxylation is 4. The van der Waals surface area contributed by atoms with E-state index >= 15 is 0 Å². The minimum absolute atomic E-state index is 0.272. The van der Waals surface area contributed by atoms with Crippen LogP contribution < -0.4 is 0 Å². The van der Waals surface area contributed by atoms with Gasteiger partial charge in [-0.05, 0) is 121 Å². The average Bonchev–Trinajstić information content (AvgIpc) is 3.27.